The highest BCUT2D eigenvalue weighted by Gasteiger charge is 2.14. The fourth-order valence-corrected chi connectivity index (χ4v) is 0.653. The molecule has 0 amide bonds. The molecular formula is C8H17O. The Morgan fingerprint density at radius 1 is 1.56 bits per heavy atom. The summed E-state index contributed by atoms with van der Waals surface area (Å²) in [7, 11) is 1.71. The van der Waals surface area contributed by atoms with E-state index in [1.807, 2.05) is 6.92 Å². The predicted molar refractivity (Wildman–Crippen MR) is 40.3 cm³/mol. The van der Waals surface area contributed by atoms with Crippen LogP contribution in [0.25, 0.3) is 0 Å². The van der Waals surface area contributed by atoms with Crippen LogP contribution in [0.3, 0.4) is 0 Å². The highest BCUT2D eigenvalue weighted by atomic mass is 16.5. The largest absolute Gasteiger partial charge is 0.379 e. The molecule has 0 spiro atoms. The average Bonchev–Trinajstić information content (AvgIpc) is 1.84. The zero-order chi connectivity index (χ0) is 7.33. The molecule has 0 aromatic heterocycles. The Hall–Kier alpha value is -0.0400. The molecule has 1 radical (unpaired) electrons. The van der Waals surface area contributed by atoms with Crippen LogP contribution in [-0.2, 0) is 4.74 Å². The number of unbranched alkanes of at least 4 members (excludes halogenated alkanes) is 1. The maximum atomic E-state index is 5.13. The zero-order valence-corrected chi connectivity index (χ0v) is 6.74. The van der Waals surface area contributed by atoms with Gasteiger partial charge < -0.3 is 4.74 Å². The SMILES string of the molecule is [CH2]C(C)(CCCC)OC. The lowest BCUT2D eigenvalue weighted by Gasteiger charge is -2.21. The van der Waals surface area contributed by atoms with Crippen molar-refractivity contribution in [3.63, 3.8) is 0 Å². The summed E-state index contributed by atoms with van der Waals surface area (Å²) in [5.41, 5.74) is -0.157. The fourth-order valence-electron chi connectivity index (χ4n) is 0.653. The smallest absolute Gasteiger partial charge is 0.0651 e. The van der Waals surface area contributed by atoms with Gasteiger partial charge in [-0.05, 0) is 20.3 Å². The van der Waals surface area contributed by atoms with Gasteiger partial charge in [-0.25, -0.2) is 0 Å². The van der Waals surface area contributed by atoms with E-state index < -0.39 is 0 Å². The zero-order valence-electron chi connectivity index (χ0n) is 6.74. The lowest BCUT2D eigenvalue weighted by atomic mass is 10.0. The monoisotopic (exact) mass is 129 g/mol. The Labute approximate surface area is 58.4 Å². The van der Waals surface area contributed by atoms with Crippen LogP contribution >= 0.6 is 0 Å². The standard InChI is InChI=1S/C8H17O/c1-5-6-7-8(2,3)9-4/h2,5-7H2,1,3-4H3. The Bertz CT molecular complexity index is 67.0. The third-order valence-electron chi connectivity index (χ3n) is 1.55. The molecule has 0 bridgehead atoms. The van der Waals surface area contributed by atoms with E-state index in [1.54, 1.807) is 7.11 Å². The van der Waals surface area contributed by atoms with Crippen molar-refractivity contribution >= 4 is 0 Å². The minimum absolute atomic E-state index is 0.157. The topological polar surface area (TPSA) is 9.23 Å². The van der Waals surface area contributed by atoms with Crippen molar-refractivity contribution in [3.8, 4) is 0 Å². The van der Waals surface area contributed by atoms with E-state index >= 15 is 0 Å². The molecule has 0 aliphatic rings. The average molecular weight is 129 g/mol. The number of rotatable bonds is 4. The van der Waals surface area contributed by atoms with Gasteiger partial charge in [0.2, 0.25) is 0 Å². The first-order chi connectivity index (χ1) is 4.12. The van der Waals surface area contributed by atoms with Gasteiger partial charge in [-0.2, -0.15) is 0 Å². The second-order valence-electron chi connectivity index (χ2n) is 2.76. The van der Waals surface area contributed by atoms with Crippen molar-refractivity contribution in [2.24, 2.45) is 0 Å². The van der Waals surface area contributed by atoms with Crippen LogP contribution in [0.5, 0.6) is 0 Å². The molecule has 0 aromatic rings. The number of hydrogen-bond acceptors (Lipinski definition) is 1. The normalized spacial score (nSPS) is 12.0. The van der Waals surface area contributed by atoms with E-state index in [1.165, 1.54) is 12.8 Å². The van der Waals surface area contributed by atoms with E-state index in [2.05, 4.69) is 13.8 Å². The first-order valence-corrected chi connectivity index (χ1v) is 3.53. The Kier molecular flexibility index (Phi) is 3.87. The fraction of sp³-hybridized carbons (Fsp3) is 0.875. The summed E-state index contributed by atoms with van der Waals surface area (Å²) in [5.74, 6) is 0. The minimum Gasteiger partial charge on any atom is -0.379 e. The van der Waals surface area contributed by atoms with Crippen molar-refractivity contribution < 1.29 is 4.74 Å². The van der Waals surface area contributed by atoms with Crippen LogP contribution in [0.4, 0.5) is 0 Å². The van der Waals surface area contributed by atoms with Gasteiger partial charge in [-0.3, -0.25) is 0 Å². The molecule has 0 N–H and O–H groups in total. The van der Waals surface area contributed by atoms with Gasteiger partial charge in [-0.15, -0.1) is 0 Å². The summed E-state index contributed by atoms with van der Waals surface area (Å²) in [6.07, 6.45) is 3.47. The van der Waals surface area contributed by atoms with Crippen molar-refractivity contribution in [2.75, 3.05) is 7.11 Å². The van der Waals surface area contributed by atoms with Gasteiger partial charge in [0, 0.05) is 7.11 Å². The molecule has 9 heavy (non-hydrogen) atoms. The van der Waals surface area contributed by atoms with E-state index in [0.29, 0.717) is 0 Å². The molecule has 55 valence electrons. The predicted octanol–water partition coefficient (Wildman–Crippen LogP) is 2.42. The molecule has 0 aliphatic heterocycles. The number of hydrogen-bond donors (Lipinski definition) is 0. The van der Waals surface area contributed by atoms with Crippen LogP contribution in [0.15, 0.2) is 0 Å². The van der Waals surface area contributed by atoms with Crippen LogP contribution in [0, 0.1) is 6.92 Å². The Balaban J connectivity index is 3.33. The van der Waals surface area contributed by atoms with Gasteiger partial charge >= 0.3 is 0 Å². The number of methoxy groups -OCH3 is 1. The Morgan fingerprint density at radius 2 is 2.11 bits per heavy atom. The summed E-state index contributed by atoms with van der Waals surface area (Å²) in [6.45, 7) is 8.09. The first-order valence-electron chi connectivity index (χ1n) is 3.53. The molecule has 1 heteroatoms. The van der Waals surface area contributed by atoms with E-state index in [-0.39, 0.29) is 5.60 Å². The summed E-state index contributed by atoms with van der Waals surface area (Å²) in [4.78, 5) is 0. The molecule has 1 nitrogen and oxygen atoms in total. The van der Waals surface area contributed by atoms with Gasteiger partial charge in [0.05, 0.1) is 5.60 Å². The van der Waals surface area contributed by atoms with Crippen LogP contribution in [0.2, 0.25) is 0 Å². The number of ether oxygens (including phenoxy) is 1. The molecular weight excluding hydrogens is 112 g/mol. The molecule has 0 fully saturated rings. The van der Waals surface area contributed by atoms with Crippen molar-refractivity contribution in [2.45, 2.75) is 38.7 Å². The molecule has 0 rings (SSSR count). The lowest BCUT2D eigenvalue weighted by molar-refractivity contribution is 0.0370. The van der Waals surface area contributed by atoms with Gasteiger partial charge in [0.1, 0.15) is 0 Å². The lowest BCUT2D eigenvalue weighted by Crippen LogP contribution is -2.22. The van der Waals surface area contributed by atoms with Crippen LogP contribution in [0.1, 0.15) is 33.1 Å². The molecule has 1 atom stereocenters. The second kappa shape index (κ2) is 3.89. The third kappa shape index (κ3) is 4.46. The second-order valence-corrected chi connectivity index (χ2v) is 2.76. The summed E-state index contributed by atoms with van der Waals surface area (Å²) >= 11 is 0. The van der Waals surface area contributed by atoms with E-state index in [4.69, 9.17) is 4.74 Å². The van der Waals surface area contributed by atoms with Gasteiger partial charge in [0.25, 0.3) is 0 Å². The molecule has 0 saturated heterocycles. The van der Waals surface area contributed by atoms with E-state index in [0.717, 1.165) is 6.42 Å². The van der Waals surface area contributed by atoms with Crippen LogP contribution in [-0.4, -0.2) is 12.7 Å². The van der Waals surface area contributed by atoms with Gasteiger partial charge in [0.15, 0.2) is 0 Å². The van der Waals surface area contributed by atoms with Crippen molar-refractivity contribution in [3.05, 3.63) is 6.92 Å². The third-order valence-corrected chi connectivity index (χ3v) is 1.55. The van der Waals surface area contributed by atoms with Gasteiger partial charge in [-0.1, -0.05) is 19.8 Å². The highest BCUT2D eigenvalue weighted by molar-refractivity contribution is 4.76. The maximum absolute atomic E-state index is 5.13. The minimum atomic E-state index is -0.157. The summed E-state index contributed by atoms with van der Waals surface area (Å²) < 4.78 is 5.13. The molecule has 0 saturated carbocycles. The maximum Gasteiger partial charge on any atom is 0.0651 e. The Morgan fingerprint density at radius 3 is 2.44 bits per heavy atom. The van der Waals surface area contributed by atoms with E-state index in [9.17, 15) is 0 Å². The molecule has 0 heterocycles. The highest BCUT2D eigenvalue weighted by Crippen LogP contribution is 2.15. The molecule has 0 aromatic carbocycles. The van der Waals surface area contributed by atoms with Crippen molar-refractivity contribution in [1.29, 1.82) is 0 Å². The first kappa shape index (κ1) is 8.96. The summed E-state index contributed by atoms with van der Waals surface area (Å²) in [5, 5.41) is 0. The van der Waals surface area contributed by atoms with Crippen LogP contribution < -0.4 is 0 Å². The van der Waals surface area contributed by atoms with Crippen molar-refractivity contribution in [1.82, 2.24) is 0 Å². The molecule has 1 unspecified atom stereocenters. The molecule has 0 aliphatic carbocycles. The summed E-state index contributed by atoms with van der Waals surface area (Å²) in [6, 6.07) is 0. The quantitative estimate of drug-likeness (QED) is 0.566.